The summed E-state index contributed by atoms with van der Waals surface area (Å²) in [5, 5.41) is 0. The van der Waals surface area contributed by atoms with Crippen LogP contribution in [-0.4, -0.2) is 64.6 Å². The fraction of sp³-hybridized carbons (Fsp3) is 0.188. The molecule has 1 heterocycles. The molecule has 2 rings (SSSR count). The van der Waals surface area contributed by atoms with Gasteiger partial charge in [0.1, 0.15) is 13.4 Å². The van der Waals surface area contributed by atoms with E-state index in [1.807, 2.05) is 24.3 Å². The average Bonchev–Trinajstić information content (AvgIpc) is 3.29. The standard InChI is InChI=1S/C32H34N4O4/c1-10-27(29(37)11-2)36(9)30(38)17-24(23(7)26-19-35(8)28-16-14-13-15-25(26)28)18-34-32(40)22(6)20(4)21(5)31(39)33-12-3/h10,12-19,22,27H,1,4-5,7-9,11H2,2-3,6H3/q+2. The number of para-hydroxylation sites is 1. The van der Waals surface area contributed by atoms with E-state index in [1.54, 1.807) is 31.5 Å². The average molecular weight is 539 g/mol. The number of carbonyl (C=O) groups excluding carboxylic acids is 4. The number of rotatable bonds is 12. The number of nitrogens with zero attached hydrogens (tertiary/aromatic N) is 4. The monoisotopic (exact) mass is 538 g/mol. The molecule has 0 radical (unpaired) electrons. The Morgan fingerprint density at radius 1 is 1.10 bits per heavy atom. The highest BCUT2D eigenvalue weighted by Gasteiger charge is 2.31. The molecule has 2 unspecified atom stereocenters. The molecule has 0 saturated carbocycles. The van der Waals surface area contributed by atoms with Crippen molar-refractivity contribution in [3.8, 4) is 0 Å². The van der Waals surface area contributed by atoms with Crippen molar-refractivity contribution in [2.45, 2.75) is 33.2 Å². The molecule has 0 N–H and O–H groups in total. The van der Waals surface area contributed by atoms with Crippen molar-refractivity contribution in [3.05, 3.63) is 96.8 Å². The van der Waals surface area contributed by atoms with Crippen LogP contribution in [0.25, 0.3) is 5.57 Å². The first-order valence-corrected chi connectivity index (χ1v) is 12.5. The van der Waals surface area contributed by atoms with E-state index in [4.69, 9.17) is 0 Å². The first kappa shape index (κ1) is 31.2. The molecular weight excluding hydrogens is 504 g/mol. The predicted molar refractivity (Wildman–Crippen MR) is 160 cm³/mol. The molecule has 1 aromatic carbocycles. The van der Waals surface area contributed by atoms with Crippen molar-refractivity contribution < 1.29 is 28.3 Å². The number of ketones is 1. The van der Waals surface area contributed by atoms with Gasteiger partial charge in [-0.15, -0.1) is 0 Å². The lowest BCUT2D eigenvalue weighted by molar-refractivity contribution is -0.450. The first-order valence-electron chi connectivity index (χ1n) is 12.5. The van der Waals surface area contributed by atoms with Gasteiger partial charge in [0, 0.05) is 36.1 Å². The van der Waals surface area contributed by atoms with Crippen LogP contribution in [0.4, 0.5) is 5.69 Å². The van der Waals surface area contributed by atoms with Crippen molar-refractivity contribution in [1.82, 2.24) is 0 Å². The highest BCUT2D eigenvalue weighted by Crippen LogP contribution is 2.38. The Bertz CT molecular complexity index is 1480. The number of Topliss-reactive ketones (excluding diaryl/α,β-unsaturated/α-hetero) is 1. The third kappa shape index (κ3) is 6.91. The van der Waals surface area contributed by atoms with E-state index in [2.05, 4.69) is 49.7 Å². The second-order valence-corrected chi connectivity index (χ2v) is 8.93. The summed E-state index contributed by atoms with van der Waals surface area (Å²) in [7, 11) is 0. The summed E-state index contributed by atoms with van der Waals surface area (Å²) >= 11 is 0. The predicted octanol–water partition coefficient (Wildman–Crippen LogP) is 4.60. The Hall–Kier alpha value is -4.98. The summed E-state index contributed by atoms with van der Waals surface area (Å²) in [5.41, 5.74) is 3.09. The second kappa shape index (κ2) is 13.7. The van der Waals surface area contributed by atoms with Crippen molar-refractivity contribution in [3.63, 3.8) is 0 Å². The topological polar surface area (TPSA) is 99.0 Å². The number of amides is 3. The van der Waals surface area contributed by atoms with Gasteiger partial charge >= 0.3 is 5.91 Å². The first-order chi connectivity index (χ1) is 18.9. The minimum Gasteiger partial charge on any atom is -0.292 e. The third-order valence-corrected chi connectivity index (χ3v) is 6.38. The Balaban J connectivity index is 2.49. The molecule has 0 aromatic heterocycles. The SMILES string of the molecule is C=CC(C(=O)CC)[N+](=C)C(=O)C=C(C=NC(=O)C(C)C(=C)C(=C)C(=O)N=CC)C(=C)C1=C[N+](=C)c2ccccc21. The van der Waals surface area contributed by atoms with E-state index in [1.165, 1.54) is 24.6 Å². The molecule has 0 aliphatic carbocycles. The van der Waals surface area contributed by atoms with Crippen LogP contribution < -0.4 is 0 Å². The summed E-state index contributed by atoms with van der Waals surface area (Å²) < 4.78 is 2.69. The number of carbonyl (C=O) groups is 4. The zero-order valence-corrected chi connectivity index (χ0v) is 23.2. The fourth-order valence-corrected chi connectivity index (χ4v) is 3.83. The zero-order chi connectivity index (χ0) is 30.1. The van der Waals surface area contributed by atoms with Gasteiger partial charge in [-0.05, 0) is 37.1 Å². The second-order valence-electron chi connectivity index (χ2n) is 8.93. The van der Waals surface area contributed by atoms with E-state index in [9.17, 15) is 19.2 Å². The van der Waals surface area contributed by atoms with Crippen molar-refractivity contribution >= 4 is 60.6 Å². The minimum absolute atomic E-state index is 0.00323. The number of benzene rings is 1. The van der Waals surface area contributed by atoms with Crippen LogP contribution in [0.2, 0.25) is 0 Å². The molecule has 40 heavy (non-hydrogen) atoms. The highest BCUT2D eigenvalue weighted by atomic mass is 16.2. The Morgan fingerprint density at radius 3 is 2.35 bits per heavy atom. The van der Waals surface area contributed by atoms with Crippen LogP contribution in [0, 0.1) is 5.92 Å². The molecule has 0 spiro atoms. The molecular formula is C32H34N4O4+2. The summed E-state index contributed by atoms with van der Waals surface area (Å²) in [6, 6.07) is 6.57. The van der Waals surface area contributed by atoms with Crippen molar-refractivity contribution in [2.24, 2.45) is 15.9 Å². The molecule has 1 aliphatic heterocycles. The van der Waals surface area contributed by atoms with Crippen LogP contribution in [0.5, 0.6) is 0 Å². The lowest BCUT2D eigenvalue weighted by Crippen LogP contribution is -2.34. The lowest BCUT2D eigenvalue weighted by Gasteiger charge is -2.12. The molecule has 0 saturated heterocycles. The summed E-state index contributed by atoms with van der Waals surface area (Å²) in [4.78, 5) is 58.2. The summed E-state index contributed by atoms with van der Waals surface area (Å²) in [6.07, 6.45) is 7.04. The van der Waals surface area contributed by atoms with E-state index in [0.29, 0.717) is 11.1 Å². The van der Waals surface area contributed by atoms with Gasteiger partial charge < -0.3 is 0 Å². The number of allylic oxidation sites excluding steroid dienone is 3. The minimum atomic E-state index is -0.929. The van der Waals surface area contributed by atoms with Crippen LogP contribution in [-0.2, 0) is 19.2 Å². The number of hydrogen-bond acceptors (Lipinski definition) is 4. The molecule has 3 amide bonds. The molecule has 0 bridgehead atoms. The molecule has 8 nitrogen and oxygen atoms in total. The fourth-order valence-electron chi connectivity index (χ4n) is 3.83. The molecule has 1 aromatic rings. The highest BCUT2D eigenvalue weighted by molar-refractivity contribution is 6.07. The molecule has 0 fully saturated rings. The van der Waals surface area contributed by atoms with Gasteiger partial charge in [-0.25, -0.2) is 14.8 Å². The number of hydrogen-bond donors (Lipinski definition) is 0. The van der Waals surface area contributed by atoms with Gasteiger partial charge in [-0.3, -0.25) is 14.4 Å². The van der Waals surface area contributed by atoms with Crippen LogP contribution in [0.1, 0.15) is 32.8 Å². The van der Waals surface area contributed by atoms with Crippen LogP contribution in [0.3, 0.4) is 0 Å². The smallest absolute Gasteiger partial charge is 0.292 e. The Morgan fingerprint density at radius 2 is 1.75 bits per heavy atom. The molecule has 204 valence electrons. The Labute approximate surface area is 234 Å². The zero-order valence-electron chi connectivity index (χ0n) is 23.2. The summed E-state index contributed by atoms with van der Waals surface area (Å²) in [6.45, 7) is 27.9. The third-order valence-electron chi connectivity index (χ3n) is 6.38. The summed E-state index contributed by atoms with van der Waals surface area (Å²) in [5.74, 6) is -2.96. The number of aliphatic imine (C=N–C) groups is 2. The quantitative estimate of drug-likeness (QED) is 0.128. The normalized spacial score (nSPS) is 14.3. The van der Waals surface area contributed by atoms with Crippen LogP contribution >= 0.6 is 0 Å². The van der Waals surface area contributed by atoms with Gasteiger partial charge in [-0.1, -0.05) is 45.4 Å². The van der Waals surface area contributed by atoms with Gasteiger partial charge in [-0.2, -0.15) is 9.15 Å². The Kier molecular flexibility index (Phi) is 10.7. The van der Waals surface area contributed by atoms with E-state index < -0.39 is 29.7 Å². The van der Waals surface area contributed by atoms with Crippen molar-refractivity contribution in [1.29, 1.82) is 0 Å². The maximum atomic E-state index is 13.2. The molecule has 2 atom stereocenters. The maximum absolute atomic E-state index is 13.2. The number of fused-ring (bicyclic) bond motifs is 1. The largest absolute Gasteiger partial charge is 0.413 e. The van der Waals surface area contributed by atoms with E-state index >= 15 is 0 Å². The van der Waals surface area contributed by atoms with Crippen LogP contribution in [0.15, 0.2) is 101 Å². The van der Waals surface area contributed by atoms with E-state index in [0.717, 1.165) is 15.8 Å². The maximum Gasteiger partial charge on any atom is 0.413 e. The molecule has 8 heteroatoms. The molecule has 1 aliphatic rings. The lowest BCUT2D eigenvalue weighted by atomic mass is 9.94. The van der Waals surface area contributed by atoms with Gasteiger partial charge in [0.25, 0.3) is 11.8 Å². The van der Waals surface area contributed by atoms with Gasteiger partial charge in [0.2, 0.25) is 17.5 Å². The van der Waals surface area contributed by atoms with E-state index in [-0.39, 0.29) is 28.9 Å². The van der Waals surface area contributed by atoms with Crippen molar-refractivity contribution in [2.75, 3.05) is 0 Å². The van der Waals surface area contributed by atoms with Gasteiger partial charge in [0.05, 0.1) is 23.1 Å². The van der Waals surface area contributed by atoms with Gasteiger partial charge in [0.15, 0.2) is 6.20 Å².